The number of benzene rings is 1. The highest BCUT2D eigenvalue weighted by molar-refractivity contribution is 5.15. The molecule has 3 nitrogen and oxygen atoms in total. The van der Waals surface area contributed by atoms with E-state index in [1.165, 1.54) is 44.5 Å². The summed E-state index contributed by atoms with van der Waals surface area (Å²) in [5, 5.41) is 0. The van der Waals surface area contributed by atoms with Crippen molar-refractivity contribution in [3.05, 3.63) is 35.9 Å². The number of nitrogens with zero attached hydrogens (tertiary/aromatic N) is 2. The van der Waals surface area contributed by atoms with Crippen molar-refractivity contribution in [1.29, 1.82) is 0 Å². The lowest BCUT2D eigenvalue weighted by atomic mass is 9.81. The van der Waals surface area contributed by atoms with Crippen molar-refractivity contribution in [2.75, 3.05) is 32.8 Å². The third-order valence-electron chi connectivity index (χ3n) is 5.63. The maximum Gasteiger partial charge on any atom is 0.0480 e. The Hall–Kier alpha value is -0.900. The standard InChI is InChI=1S/C18H26N2O/c1-2-4-15(5-3-1)12-20-13-16-6-9-19(14-18(16)20)17-7-10-21-11-8-17/h1-5,16-18H,6-14H2/t16-,18-/m1/s1. The van der Waals surface area contributed by atoms with Gasteiger partial charge in [0.25, 0.3) is 0 Å². The molecule has 1 aromatic rings. The number of hydrogen-bond acceptors (Lipinski definition) is 3. The van der Waals surface area contributed by atoms with E-state index in [-0.39, 0.29) is 0 Å². The minimum atomic E-state index is 0.777. The van der Waals surface area contributed by atoms with E-state index >= 15 is 0 Å². The van der Waals surface area contributed by atoms with Gasteiger partial charge in [-0.3, -0.25) is 9.80 Å². The summed E-state index contributed by atoms with van der Waals surface area (Å²) in [4.78, 5) is 5.44. The zero-order valence-electron chi connectivity index (χ0n) is 12.8. The molecule has 0 aliphatic carbocycles. The minimum absolute atomic E-state index is 0.777. The van der Waals surface area contributed by atoms with E-state index in [1.54, 1.807) is 0 Å². The van der Waals surface area contributed by atoms with Crippen LogP contribution in [0, 0.1) is 5.92 Å². The molecule has 4 rings (SSSR count). The van der Waals surface area contributed by atoms with E-state index in [1.807, 2.05) is 0 Å². The summed E-state index contributed by atoms with van der Waals surface area (Å²) in [6, 6.07) is 12.5. The molecule has 0 saturated carbocycles. The lowest BCUT2D eigenvalue weighted by molar-refractivity contribution is -0.0724. The smallest absolute Gasteiger partial charge is 0.0480 e. The average Bonchev–Trinajstić information content (AvgIpc) is 2.54. The Labute approximate surface area is 127 Å². The molecular weight excluding hydrogens is 260 g/mol. The predicted octanol–water partition coefficient (Wildman–Crippen LogP) is 2.37. The van der Waals surface area contributed by atoms with Crippen LogP contribution in [0.15, 0.2) is 30.3 Å². The summed E-state index contributed by atoms with van der Waals surface area (Å²) in [7, 11) is 0. The summed E-state index contributed by atoms with van der Waals surface area (Å²) in [5.41, 5.74) is 1.46. The predicted molar refractivity (Wildman–Crippen MR) is 84.2 cm³/mol. The Morgan fingerprint density at radius 1 is 1.00 bits per heavy atom. The molecule has 114 valence electrons. The third-order valence-corrected chi connectivity index (χ3v) is 5.63. The molecule has 21 heavy (non-hydrogen) atoms. The molecule has 0 amide bonds. The third kappa shape index (κ3) is 2.87. The van der Waals surface area contributed by atoms with Gasteiger partial charge in [0, 0.05) is 44.9 Å². The molecule has 0 N–H and O–H groups in total. The van der Waals surface area contributed by atoms with E-state index in [4.69, 9.17) is 4.74 Å². The topological polar surface area (TPSA) is 15.7 Å². The molecule has 3 saturated heterocycles. The maximum atomic E-state index is 5.52. The van der Waals surface area contributed by atoms with Gasteiger partial charge in [-0.25, -0.2) is 0 Å². The minimum Gasteiger partial charge on any atom is -0.381 e. The van der Waals surface area contributed by atoms with Crippen molar-refractivity contribution in [3.63, 3.8) is 0 Å². The van der Waals surface area contributed by atoms with Crippen molar-refractivity contribution in [1.82, 2.24) is 9.80 Å². The van der Waals surface area contributed by atoms with Gasteiger partial charge in [0.2, 0.25) is 0 Å². The molecule has 3 heterocycles. The number of rotatable bonds is 3. The normalized spacial score (nSPS) is 31.6. The van der Waals surface area contributed by atoms with Crippen molar-refractivity contribution in [2.24, 2.45) is 5.92 Å². The fourth-order valence-electron chi connectivity index (χ4n) is 4.31. The summed E-state index contributed by atoms with van der Waals surface area (Å²) < 4.78 is 5.52. The van der Waals surface area contributed by atoms with E-state index in [0.29, 0.717) is 0 Å². The van der Waals surface area contributed by atoms with Gasteiger partial charge in [-0.15, -0.1) is 0 Å². The van der Waals surface area contributed by atoms with Crippen LogP contribution in [-0.2, 0) is 11.3 Å². The van der Waals surface area contributed by atoms with Crippen molar-refractivity contribution in [3.8, 4) is 0 Å². The fraction of sp³-hybridized carbons (Fsp3) is 0.667. The van der Waals surface area contributed by atoms with Crippen LogP contribution < -0.4 is 0 Å². The first-order valence-electron chi connectivity index (χ1n) is 8.50. The summed E-state index contributed by atoms with van der Waals surface area (Å²) >= 11 is 0. The maximum absolute atomic E-state index is 5.52. The number of hydrogen-bond donors (Lipinski definition) is 0. The molecular formula is C18H26N2O. The molecule has 0 unspecified atom stereocenters. The highest BCUT2D eigenvalue weighted by atomic mass is 16.5. The van der Waals surface area contributed by atoms with Crippen LogP contribution in [0.4, 0.5) is 0 Å². The largest absolute Gasteiger partial charge is 0.381 e. The molecule has 0 bridgehead atoms. The fourth-order valence-corrected chi connectivity index (χ4v) is 4.31. The van der Waals surface area contributed by atoms with Crippen molar-refractivity contribution in [2.45, 2.75) is 37.9 Å². The number of likely N-dealkylation sites (tertiary alicyclic amines) is 2. The lowest BCUT2D eigenvalue weighted by Gasteiger charge is -2.55. The van der Waals surface area contributed by atoms with Gasteiger partial charge in [-0.2, -0.15) is 0 Å². The Morgan fingerprint density at radius 2 is 1.81 bits per heavy atom. The SMILES string of the molecule is c1ccc(CN2C[C@H]3CCN(C4CCOCC4)C[C@H]32)cc1. The van der Waals surface area contributed by atoms with Gasteiger partial charge in [-0.1, -0.05) is 30.3 Å². The van der Waals surface area contributed by atoms with Gasteiger partial charge in [0.05, 0.1) is 0 Å². The van der Waals surface area contributed by atoms with Crippen molar-refractivity contribution >= 4 is 0 Å². The summed E-state index contributed by atoms with van der Waals surface area (Å²) in [5.74, 6) is 0.949. The lowest BCUT2D eigenvalue weighted by Crippen LogP contribution is -2.64. The Kier molecular flexibility index (Phi) is 3.97. The molecule has 1 aromatic carbocycles. The molecule has 3 fully saturated rings. The summed E-state index contributed by atoms with van der Waals surface area (Å²) in [6.07, 6.45) is 3.86. The Morgan fingerprint density at radius 3 is 2.62 bits per heavy atom. The monoisotopic (exact) mass is 286 g/mol. The molecule has 0 aromatic heterocycles. The second-order valence-electron chi connectivity index (χ2n) is 6.87. The molecule has 3 aliphatic rings. The summed E-state index contributed by atoms with van der Waals surface area (Å²) in [6.45, 7) is 6.95. The average molecular weight is 286 g/mol. The number of fused-ring (bicyclic) bond motifs is 1. The van der Waals surface area contributed by atoms with Gasteiger partial charge in [0.1, 0.15) is 0 Å². The van der Waals surface area contributed by atoms with E-state index in [2.05, 4.69) is 40.1 Å². The molecule has 3 aliphatic heterocycles. The Balaban J connectivity index is 1.36. The van der Waals surface area contributed by atoms with E-state index < -0.39 is 0 Å². The second-order valence-corrected chi connectivity index (χ2v) is 6.87. The molecule has 0 spiro atoms. The van der Waals surface area contributed by atoms with Gasteiger partial charge < -0.3 is 4.74 Å². The highest BCUT2D eigenvalue weighted by Crippen LogP contribution is 2.35. The first-order valence-corrected chi connectivity index (χ1v) is 8.50. The van der Waals surface area contributed by atoms with Crippen LogP contribution in [-0.4, -0.2) is 54.7 Å². The zero-order valence-corrected chi connectivity index (χ0v) is 12.8. The molecule has 0 radical (unpaired) electrons. The quantitative estimate of drug-likeness (QED) is 0.848. The van der Waals surface area contributed by atoms with Crippen LogP contribution in [0.2, 0.25) is 0 Å². The first kappa shape index (κ1) is 13.7. The zero-order chi connectivity index (χ0) is 14.1. The van der Waals surface area contributed by atoms with Gasteiger partial charge in [0.15, 0.2) is 0 Å². The number of piperidine rings is 1. The Bertz CT molecular complexity index is 458. The highest BCUT2D eigenvalue weighted by Gasteiger charge is 2.43. The first-order chi connectivity index (χ1) is 10.4. The van der Waals surface area contributed by atoms with Crippen LogP contribution in [0.25, 0.3) is 0 Å². The van der Waals surface area contributed by atoms with Crippen LogP contribution in [0.3, 0.4) is 0 Å². The van der Waals surface area contributed by atoms with Gasteiger partial charge >= 0.3 is 0 Å². The van der Waals surface area contributed by atoms with E-state index in [9.17, 15) is 0 Å². The van der Waals surface area contributed by atoms with Crippen LogP contribution in [0.1, 0.15) is 24.8 Å². The number of ether oxygens (including phenoxy) is 1. The second kappa shape index (κ2) is 6.07. The van der Waals surface area contributed by atoms with Crippen LogP contribution in [0.5, 0.6) is 0 Å². The molecule has 2 atom stereocenters. The van der Waals surface area contributed by atoms with Crippen molar-refractivity contribution < 1.29 is 4.74 Å². The van der Waals surface area contributed by atoms with E-state index in [0.717, 1.165) is 37.8 Å². The molecule has 3 heteroatoms. The van der Waals surface area contributed by atoms with Gasteiger partial charge in [-0.05, 0) is 37.3 Å². The van der Waals surface area contributed by atoms with Crippen LogP contribution >= 0.6 is 0 Å².